The topological polar surface area (TPSA) is 36.0 Å². The largest absolute Gasteiger partial charge is 0.481 e. The van der Waals surface area contributed by atoms with E-state index in [9.17, 15) is 9.18 Å². The number of hydrogen-bond donors (Lipinski definition) is 0. The van der Waals surface area contributed by atoms with Crippen LogP contribution in [0.4, 0.5) is 15.8 Å². The van der Waals surface area contributed by atoms with Gasteiger partial charge in [-0.25, -0.2) is 4.39 Å². The highest BCUT2D eigenvalue weighted by atomic mass is 19.1. The molecule has 6 heteroatoms. The Labute approximate surface area is 191 Å². The molecule has 1 aliphatic rings. The Morgan fingerprint density at radius 2 is 1.78 bits per heavy atom. The molecular formula is C26H36FN3O2. The molecule has 1 unspecified atom stereocenters. The van der Waals surface area contributed by atoms with Crippen molar-refractivity contribution in [2.45, 2.75) is 38.7 Å². The molecule has 5 nitrogen and oxygen atoms in total. The van der Waals surface area contributed by atoms with Gasteiger partial charge in [0, 0.05) is 58.4 Å². The van der Waals surface area contributed by atoms with Gasteiger partial charge in [-0.05, 0) is 42.8 Å². The summed E-state index contributed by atoms with van der Waals surface area (Å²) in [7, 11) is 2.08. The first-order valence-corrected chi connectivity index (χ1v) is 11.8. The van der Waals surface area contributed by atoms with E-state index in [2.05, 4.69) is 34.7 Å². The molecule has 1 atom stereocenters. The third-order valence-electron chi connectivity index (χ3n) is 6.10. The molecule has 2 aromatic rings. The molecule has 0 N–H and O–H groups in total. The van der Waals surface area contributed by atoms with E-state index in [1.54, 1.807) is 0 Å². The number of ether oxygens (including phenoxy) is 1. The maximum absolute atomic E-state index is 13.2. The lowest BCUT2D eigenvalue weighted by molar-refractivity contribution is -0.114. The predicted octanol–water partition coefficient (Wildman–Crippen LogP) is 4.61. The van der Waals surface area contributed by atoms with Crippen molar-refractivity contribution in [3.8, 4) is 5.75 Å². The van der Waals surface area contributed by atoms with Crippen LogP contribution in [0.2, 0.25) is 0 Å². The molecule has 0 aliphatic carbocycles. The van der Waals surface area contributed by atoms with Crippen LogP contribution in [0.3, 0.4) is 0 Å². The maximum Gasteiger partial charge on any atom is 0.160 e. The summed E-state index contributed by atoms with van der Waals surface area (Å²) in [6.07, 6.45) is 4.66. The number of hydrogen-bond acceptors (Lipinski definition) is 5. The van der Waals surface area contributed by atoms with Crippen LogP contribution in [0.5, 0.6) is 5.75 Å². The minimum absolute atomic E-state index is 0.207. The van der Waals surface area contributed by atoms with Crippen LogP contribution in [-0.2, 0) is 4.79 Å². The number of anilines is 2. The van der Waals surface area contributed by atoms with Crippen molar-refractivity contribution in [1.82, 2.24) is 4.90 Å². The van der Waals surface area contributed by atoms with Gasteiger partial charge in [0.15, 0.2) is 12.4 Å². The van der Waals surface area contributed by atoms with Crippen molar-refractivity contribution in [3.63, 3.8) is 0 Å². The fourth-order valence-electron chi connectivity index (χ4n) is 4.10. The van der Waals surface area contributed by atoms with Crippen LogP contribution in [0.1, 0.15) is 32.6 Å². The second-order valence-electron chi connectivity index (χ2n) is 8.48. The molecule has 0 spiro atoms. The van der Waals surface area contributed by atoms with Gasteiger partial charge in [0.25, 0.3) is 0 Å². The van der Waals surface area contributed by atoms with E-state index in [-0.39, 0.29) is 5.82 Å². The smallest absolute Gasteiger partial charge is 0.160 e. The Morgan fingerprint density at radius 1 is 1.06 bits per heavy atom. The normalized spacial score (nSPS) is 15.4. The summed E-state index contributed by atoms with van der Waals surface area (Å²) < 4.78 is 19.3. The zero-order valence-electron chi connectivity index (χ0n) is 19.4. The summed E-state index contributed by atoms with van der Waals surface area (Å²) in [6, 6.07) is 14.6. The molecule has 1 fully saturated rings. The third-order valence-corrected chi connectivity index (χ3v) is 6.10. The lowest BCUT2D eigenvalue weighted by Gasteiger charge is -2.36. The standard InChI is InChI=1S/C26H36FN3O2/c1-3-4-7-15-28(2)25-8-5-6-9-26(25)32-24(21-31)14-16-29-17-19-30(20-18-29)23-12-10-22(27)11-13-23/h5-6,8-13,21,24H,3-4,7,14-20H2,1-2H3. The summed E-state index contributed by atoms with van der Waals surface area (Å²) in [4.78, 5) is 18.6. The second-order valence-corrected chi connectivity index (χ2v) is 8.48. The summed E-state index contributed by atoms with van der Waals surface area (Å²) >= 11 is 0. The number of benzene rings is 2. The Bertz CT molecular complexity index is 822. The van der Waals surface area contributed by atoms with Gasteiger partial charge in [-0.2, -0.15) is 0 Å². The monoisotopic (exact) mass is 441 g/mol. The molecule has 0 bridgehead atoms. The first-order valence-electron chi connectivity index (χ1n) is 11.8. The number of piperazine rings is 1. The number of unbranched alkanes of at least 4 members (excludes halogenated alkanes) is 2. The van der Waals surface area contributed by atoms with Gasteiger partial charge in [-0.1, -0.05) is 31.9 Å². The van der Waals surface area contributed by atoms with Crippen molar-refractivity contribution in [2.75, 3.05) is 56.1 Å². The molecule has 2 aromatic carbocycles. The summed E-state index contributed by atoms with van der Waals surface area (Å²) in [5.41, 5.74) is 2.09. The lowest BCUT2D eigenvalue weighted by Crippen LogP contribution is -2.47. The van der Waals surface area contributed by atoms with Crippen LogP contribution < -0.4 is 14.5 Å². The zero-order chi connectivity index (χ0) is 22.8. The highest BCUT2D eigenvalue weighted by molar-refractivity contribution is 5.61. The Hall–Kier alpha value is -2.60. The highest BCUT2D eigenvalue weighted by Crippen LogP contribution is 2.28. The van der Waals surface area contributed by atoms with Gasteiger partial charge in [0.2, 0.25) is 0 Å². The molecule has 1 aliphatic heterocycles. The van der Waals surface area contributed by atoms with Crippen LogP contribution in [0, 0.1) is 5.82 Å². The number of aldehydes is 1. The van der Waals surface area contributed by atoms with Crippen molar-refractivity contribution < 1.29 is 13.9 Å². The highest BCUT2D eigenvalue weighted by Gasteiger charge is 2.20. The van der Waals surface area contributed by atoms with E-state index >= 15 is 0 Å². The van der Waals surface area contributed by atoms with Gasteiger partial charge in [-0.3, -0.25) is 9.69 Å². The van der Waals surface area contributed by atoms with E-state index < -0.39 is 6.10 Å². The van der Waals surface area contributed by atoms with Gasteiger partial charge >= 0.3 is 0 Å². The lowest BCUT2D eigenvalue weighted by atomic mass is 10.2. The van der Waals surface area contributed by atoms with Gasteiger partial charge in [-0.15, -0.1) is 0 Å². The number of para-hydroxylation sites is 2. The van der Waals surface area contributed by atoms with E-state index in [4.69, 9.17) is 4.74 Å². The number of nitrogens with zero attached hydrogens (tertiary/aromatic N) is 3. The van der Waals surface area contributed by atoms with Crippen molar-refractivity contribution in [1.29, 1.82) is 0 Å². The zero-order valence-corrected chi connectivity index (χ0v) is 19.4. The van der Waals surface area contributed by atoms with E-state index in [1.807, 2.05) is 30.3 Å². The molecule has 0 saturated carbocycles. The van der Waals surface area contributed by atoms with Crippen LogP contribution in [-0.4, -0.2) is 63.6 Å². The average Bonchev–Trinajstić information content (AvgIpc) is 2.83. The number of carbonyl (C=O) groups is 1. The molecule has 32 heavy (non-hydrogen) atoms. The molecule has 174 valence electrons. The molecular weight excluding hydrogens is 405 g/mol. The van der Waals surface area contributed by atoms with Crippen LogP contribution in [0.25, 0.3) is 0 Å². The fraction of sp³-hybridized carbons (Fsp3) is 0.500. The van der Waals surface area contributed by atoms with Crippen LogP contribution in [0.15, 0.2) is 48.5 Å². The first-order chi connectivity index (χ1) is 15.6. The Morgan fingerprint density at radius 3 is 2.47 bits per heavy atom. The van der Waals surface area contributed by atoms with Gasteiger partial charge in [0.1, 0.15) is 11.6 Å². The number of halogens is 1. The molecule has 0 radical (unpaired) electrons. The number of rotatable bonds is 12. The molecule has 0 aromatic heterocycles. The maximum atomic E-state index is 13.2. The summed E-state index contributed by atoms with van der Waals surface area (Å²) in [5.74, 6) is 0.561. The van der Waals surface area contributed by atoms with E-state index in [1.165, 1.54) is 25.0 Å². The molecule has 1 heterocycles. The Balaban J connectivity index is 1.48. The minimum atomic E-state index is -0.463. The van der Waals surface area contributed by atoms with Crippen molar-refractivity contribution >= 4 is 17.7 Å². The SMILES string of the molecule is CCCCCN(C)c1ccccc1OC(C=O)CCN1CCN(c2ccc(F)cc2)CC1. The van der Waals surface area contributed by atoms with Crippen molar-refractivity contribution in [2.24, 2.45) is 0 Å². The van der Waals surface area contributed by atoms with Crippen LogP contribution >= 0.6 is 0 Å². The van der Waals surface area contributed by atoms with E-state index in [0.29, 0.717) is 6.42 Å². The Kier molecular flexibility index (Phi) is 9.35. The third kappa shape index (κ3) is 6.95. The fourth-order valence-corrected chi connectivity index (χ4v) is 4.10. The van der Waals surface area contributed by atoms with E-state index in [0.717, 1.165) is 69.1 Å². The predicted molar refractivity (Wildman–Crippen MR) is 129 cm³/mol. The summed E-state index contributed by atoms with van der Waals surface area (Å²) in [6.45, 7) is 7.61. The molecule has 1 saturated heterocycles. The first kappa shape index (κ1) is 24.1. The molecule has 0 amide bonds. The average molecular weight is 442 g/mol. The van der Waals surface area contributed by atoms with Gasteiger partial charge in [0.05, 0.1) is 5.69 Å². The number of carbonyl (C=O) groups excluding carboxylic acids is 1. The minimum Gasteiger partial charge on any atom is -0.481 e. The molecule has 3 rings (SSSR count). The van der Waals surface area contributed by atoms with Crippen molar-refractivity contribution in [3.05, 3.63) is 54.3 Å². The quantitative estimate of drug-likeness (QED) is 0.355. The second kappa shape index (κ2) is 12.4. The summed E-state index contributed by atoms with van der Waals surface area (Å²) in [5, 5.41) is 0. The van der Waals surface area contributed by atoms with Gasteiger partial charge < -0.3 is 14.5 Å².